The SMILES string of the molecule is COc1ccc(-c2ccc(COc3c(C)cccc3-n3nnn(C)c3=O)c(C)c2)cc1. The Hall–Kier alpha value is -3.87. The van der Waals surface area contributed by atoms with E-state index in [0.717, 1.165) is 33.6 Å². The van der Waals surface area contributed by atoms with Crippen molar-refractivity contribution in [3.63, 3.8) is 0 Å². The molecule has 0 N–H and O–H groups in total. The summed E-state index contributed by atoms with van der Waals surface area (Å²) in [7, 11) is 3.23. The van der Waals surface area contributed by atoms with Gasteiger partial charge in [0.1, 0.15) is 23.8 Å². The Kier molecular flexibility index (Phi) is 5.58. The zero-order valence-corrected chi connectivity index (χ0v) is 18.0. The molecule has 1 aromatic heterocycles. The van der Waals surface area contributed by atoms with Crippen molar-refractivity contribution in [1.82, 2.24) is 19.8 Å². The summed E-state index contributed by atoms with van der Waals surface area (Å²) in [5.41, 5.74) is 5.62. The molecule has 0 spiro atoms. The zero-order valence-electron chi connectivity index (χ0n) is 18.0. The molecule has 0 unspecified atom stereocenters. The Bertz CT molecular complexity index is 1270. The average molecular weight is 416 g/mol. The van der Waals surface area contributed by atoms with Crippen molar-refractivity contribution in [2.45, 2.75) is 20.5 Å². The number of aryl methyl sites for hydroxylation is 3. The zero-order chi connectivity index (χ0) is 22.0. The first-order valence-electron chi connectivity index (χ1n) is 9.93. The normalized spacial score (nSPS) is 10.8. The van der Waals surface area contributed by atoms with Gasteiger partial charge in [-0.25, -0.2) is 4.79 Å². The fraction of sp³-hybridized carbons (Fsp3) is 0.208. The summed E-state index contributed by atoms with van der Waals surface area (Å²) in [6, 6.07) is 19.9. The van der Waals surface area contributed by atoms with E-state index in [0.29, 0.717) is 18.0 Å². The van der Waals surface area contributed by atoms with Crippen molar-refractivity contribution in [3.05, 3.63) is 87.8 Å². The third-order valence-electron chi connectivity index (χ3n) is 5.28. The Balaban J connectivity index is 1.59. The van der Waals surface area contributed by atoms with E-state index in [1.807, 2.05) is 43.3 Å². The van der Waals surface area contributed by atoms with Gasteiger partial charge in [-0.2, -0.15) is 9.36 Å². The van der Waals surface area contributed by atoms with Gasteiger partial charge in [-0.1, -0.05) is 42.5 Å². The van der Waals surface area contributed by atoms with E-state index in [4.69, 9.17) is 9.47 Å². The average Bonchev–Trinajstić information content (AvgIpc) is 3.11. The smallest absolute Gasteiger partial charge is 0.368 e. The molecule has 0 amide bonds. The lowest BCUT2D eigenvalue weighted by atomic mass is 10.00. The van der Waals surface area contributed by atoms with Crippen molar-refractivity contribution < 1.29 is 9.47 Å². The summed E-state index contributed by atoms with van der Waals surface area (Å²) >= 11 is 0. The highest BCUT2D eigenvalue weighted by Crippen LogP contribution is 2.28. The van der Waals surface area contributed by atoms with Crippen LogP contribution in [-0.4, -0.2) is 26.9 Å². The van der Waals surface area contributed by atoms with Crippen LogP contribution in [0.15, 0.2) is 65.5 Å². The van der Waals surface area contributed by atoms with Gasteiger partial charge in [0.15, 0.2) is 0 Å². The molecular formula is C24H24N4O3. The lowest BCUT2D eigenvalue weighted by Gasteiger charge is -2.15. The number of para-hydroxylation sites is 1. The van der Waals surface area contributed by atoms with E-state index in [2.05, 4.69) is 35.5 Å². The Labute approximate surface area is 180 Å². The molecular weight excluding hydrogens is 392 g/mol. The van der Waals surface area contributed by atoms with E-state index in [-0.39, 0.29) is 5.69 Å². The van der Waals surface area contributed by atoms with Gasteiger partial charge in [0.05, 0.1) is 7.11 Å². The minimum Gasteiger partial charge on any atom is -0.497 e. The van der Waals surface area contributed by atoms with Crippen LogP contribution in [0.1, 0.15) is 16.7 Å². The van der Waals surface area contributed by atoms with Gasteiger partial charge in [-0.15, -0.1) is 0 Å². The quantitative estimate of drug-likeness (QED) is 0.478. The van der Waals surface area contributed by atoms with Gasteiger partial charge in [0.25, 0.3) is 0 Å². The molecule has 0 aliphatic rings. The Morgan fingerprint density at radius 3 is 2.29 bits per heavy atom. The molecule has 0 saturated carbocycles. The van der Waals surface area contributed by atoms with Crippen LogP contribution >= 0.6 is 0 Å². The highest BCUT2D eigenvalue weighted by atomic mass is 16.5. The maximum Gasteiger partial charge on any atom is 0.368 e. The van der Waals surface area contributed by atoms with Gasteiger partial charge < -0.3 is 9.47 Å². The summed E-state index contributed by atoms with van der Waals surface area (Å²) in [6.07, 6.45) is 0. The Morgan fingerprint density at radius 2 is 1.65 bits per heavy atom. The van der Waals surface area contributed by atoms with Crippen LogP contribution in [0.5, 0.6) is 11.5 Å². The number of ether oxygens (including phenoxy) is 2. The summed E-state index contributed by atoms with van der Waals surface area (Å²) in [5, 5.41) is 7.74. The molecule has 31 heavy (non-hydrogen) atoms. The summed E-state index contributed by atoms with van der Waals surface area (Å²) in [4.78, 5) is 12.3. The predicted octanol–water partition coefficient (Wildman–Crippen LogP) is 3.84. The molecule has 4 aromatic rings. The lowest BCUT2D eigenvalue weighted by Crippen LogP contribution is -2.22. The van der Waals surface area contributed by atoms with Crippen molar-refractivity contribution >= 4 is 0 Å². The van der Waals surface area contributed by atoms with Crippen LogP contribution in [0.25, 0.3) is 16.8 Å². The van der Waals surface area contributed by atoms with Crippen LogP contribution in [0.3, 0.4) is 0 Å². The molecule has 0 saturated heterocycles. The molecule has 3 aromatic carbocycles. The van der Waals surface area contributed by atoms with Gasteiger partial charge >= 0.3 is 5.69 Å². The van der Waals surface area contributed by atoms with E-state index in [1.54, 1.807) is 20.2 Å². The summed E-state index contributed by atoms with van der Waals surface area (Å²) in [6.45, 7) is 4.39. The number of aromatic nitrogens is 4. The molecule has 1 heterocycles. The van der Waals surface area contributed by atoms with E-state index in [9.17, 15) is 4.79 Å². The lowest BCUT2D eigenvalue weighted by molar-refractivity contribution is 0.301. The maximum atomic E-state index is 12.3. The molecule has 158 valence electrons. The van der Waals surface area contributed by atoms with Crippen LogP contribution in [0.4, 0.5) is 0 Å². The molecule has 0 atom stereocenters. The minimum atomic E-state index is -0.324. The van der Waals surface area contributed by atoms with Crippen molar-refractivity contribution in [2.75, 3.05) is 7.11 Å². The monoisotopic (exact) mass is 416 g/mol. The van der Waals surface area contributed by atoms with Crippen molar-refractivity contribution in [1.29, 1.82) is 0 Å². The van der Waals surface area contributed by atoms with E-state index >= 15 is 0 Å². The molecule has 4 rings (SSSR count). The van der Waals surface area contributed by atoms with Gasteiger partial charge in [0, 0.05) is 7.05 Å². The molecule has 7 heteroatoms. The second-order valence-electron chi connectivity index (χ2n) is 7.38. The number of tetrazole rings is 1. The number of methoxy groups -OCH3 is 1. The van der Waals surface area contributed by atoms with Crippen LogP contribution in [0.2, 0.25) is 0 Å². The fourth-order valence-corrected chi connectivity index (χ4v) is 3.43. The molecule has 0 bridgehead atoms. The predicted molar refractivity (Wildman–Crippen MR) is 119 cm³/mol. The summed E-state index contributed by atoms with van der Waals surface area (Å²) in [5.74, 6) is 1.45. The molecule has 0 aliphatic heterocycles. The second kappa shape index (κ2) is 8.47. The summed E-state index contributed by atoms with van der Waals surface area (Å²) < 4.78 is 13.9. The number of rotatable bonds is 6. The Morgan fingerprint density at radius 1 is 0.903 bits per heavy atom. The third kappa shape index (κ3) is 4.07. The minimum absolute atomic E-state index is 0.324. The second-order valence-corrected chi connectivity index (χ2v) is 7.38. The van der Waals surface area contributed by atoms with Crippen LogP contribution in [-0.2, 0) is 13.7 Å². The number of benzene rings is 3. The molecule has 7 nitrogen and oxygen atoms in total. The van der Waals surface area contributed by atoms with Gasteiger partial charge in [0.2, 0.25) is 0 Å². The molecule has 0 aliphatic carbocycles. The highest BCUT2D eigenvalue weighted by molar-refractivity contribution is 5.65. The first-order valence-corrected chi connectivity index (χ1v) is 9.93. The van der Waals surface area contributed by atoms with Gasteiger partial charge in [-0.3, -0.25) is 0 Å². The van der Waals surface area contributed by atoms with Crippen LogP contribution < -0.4 is 15.2 Å². The first kappa shape index (κ1) is 20.4. The highest BCUT2D eigenvalue weighted by Gasteiger charge is 2.15. The topological polar surface area (TPSA) is 71.2 Å². The number of hydrogen-bond acceptors (Lipinski definition) is 5. The number of hydrogen-bond donors (Lipinski definition) is 0. The van der Waals surface area contributed by atoms with Crippen molar-refractivity contribution in [2.24, 2.45) is 7.05 Å². The van der Waals surface area contributed by atoms with Gasteiger partial charge in [-0.05, 0) is 70.3 Å². The fourth-order valence-electron chi connectivity index (χ4n) is 3.43. The third-order valence-corrected chi connectivity index (χ3v) is 5.28. The van der Waals surface area contributed by atoms with E-state index < -0.39 is 0 Å². The standard InChI is InChI=1S/C24H24N4O3/c1-16-6-5-7-22(28-24(29)27(3)25-26-28)23(16)31-15-20-9-8-19(14-17(20)2)18-10-12-21(30-4)13-11-18/h5-14H,15H2,1-4H3. The molecule has 0 fully saturated rings. The van der Waals surface area contributed by atoms with Crippen molar-refractivity contribution in [3.8, 4) is 28.3 Å². The molecule has 0 radical (unpaired) electrons. The van der Waals surface area contributed by atoms with E-state index in [1.165, 1.54) is 9.36 Å². The number of nitrogens with zero attached hydrogens (tertiary/aromatic N) is 4. The maximum absolute atomic E-state index is 12.3. The van der Waals surface area contributed by atoms with Crippen LogP contribution in [0, 0.1) is 13.8 Å². The largest absolute Gasteiger partial charge is 0.497 e. The first-order chi connectivity index (χ1) is 15.0.